The molecule has 1 rings (SSSR count). The van der Waals surface area contributed by atoms with E-state index in [1.54, 1.807) is 7.11 Å². The molecule has 0 bridgehead atoms. The van der Waals surface area contributed by atoms with Crippen LogP contribution in [0.4, 0.5) is 8.78 Å². The lowest BCUT2D eigenvalue weighted by molar-refractivity contribution is 0.0649. The number of methoxy groups -OCH3 is 1. The summed E-state index contributed by atoms with van der Waals surface area (Å²) in [5.74, 6) is -1.91. The number of ether oxygens (including phenoxy) is 1. The summed E-state index contributed by atoms with van der Waals surface area (Å²) in [5.41, 5.74) is -0.00396. The zero-order valence-electron chi connectivity index (χ0n) is 12.3. The lowest BCUT2D eigenvalue weighted by Gasteiger charge is -2.30. The second-order valence-corrected chi connectivity index (χ2v) is 4.90. The van der Waals surface area contributed by atoms with Crippen LogP contribution < -0.4 is 0 Å². The van der Waals surface area contributed by atoms with Gasteiger partial charge in [0.2, 0.25) is 0 Å². The number of nitrogens with zero attached hydrogens (tertiary/aromatic N) is 1. The number of halogens is 2. The van der Waals surface area contributed by atoms with Crippen LogP contribution in [0.15, 0.2) is 18.2 Å². The Morgan fingerprint density at radius 2 is 2.05 bits per heavy atom. The van der Waals surface area contributed by atoms with Crippen LogP contribution in [-0.2, 0) is 4.74 Å². The van der Waals surface area contributed by atoms with E-state index in [1.165, 1.54) is 12.1 Å². The molecule has 0 saturated heterocycles. The van der Waals surface area contributed by atoms with Crippen molar-refractivity contribution in [2.45, 2.75) is 32.4 Å². The van der Waals surface area contributed by atoms with Gasteiger partial charge in [-0.1, -0.05) is 19.1 Å². The van der Waals surface area contributed by atoms with Gasteiger partial charge in [-0.15, -0.1) is 0 Å². The summed E-state index contributed by atoms with van der Waals surface area (Å²) in [6.45, 7) is 5.49. The molecule has 20 heavy (non-hydrogen) atoms. The van der Waals surface area contributed by atoms with Crippen LogP contribution in [0.3, 0.4) is 0 Å². The predicted octanol–water partition coefficient (Wildman–Crippen LogP) is 2.75. The second kappa shape index (κ2) is 8.29. The van der Waals surface area contributed by atoms with Crippen LogP contribution >= 0.6 is 0 Å². The highest BCUT2D eigenvalue weighted by Crippen LogP contribution is 2.21. The zero-order valence-corrected chi connectivity index (χ0v) is 12.3. The Morgan fingerprint density at radius 1 is 1.35 bits per heavy atom. The monoisotopic (exact) mass is 287 g/mol. The fourth-order valence-corrected chi connectivity index (χ4v) is 2.06. The molecule has 0 saturated carbocycles. The van der Waals surface area contributed by atoms with Crippen LogP contribution in [0.25, 0.3) is 0 Å². The highest BCUT2D eigenvalue weighted by molar-refractivity contribution is 5.21. The second-order valence-electron chi connectivity index (χ2n) is 4.90. The standard InChI is InChI=1S/C15H23F2NO2/c1-4-11(2)18(8-9-20-3)10-14(19)12-6-5-7-13(16)15(12)17/h5-7,11,14,19H,4,8-10H2,1-3H3. The lowest BCUT2D eigenvalue weighted by Crippen LogP contribution is -2.38. The maximum Gasteiger partial charge on any atom is 0.164 e. The van der Waals surface area contributed by atoms with E-state index in [9.17, 15) is 13.9 Å². The smallest absolute Gasteiger partial charge is 0.164 e. The summed E-state index contributed by atoms with van der Waals surface area (Å²) in [5, 5.41) is 10.2. The quantitative estimate of drug-likeness (QED) is 0.798. The third kappa shape index (κ3) is 4.51. The SMILES string of the molecule is CCC(C)N(CCOC)CC(O)c1cccc(F)c1F. The Kier molecular flexibility index (Phi) is 7.05. The molecule has 1 aromatic rings. The summed E-state index contributed by atoms with van der Waals surface area (Å²) in [4.78, 5) is 2.01. The molecular formula is C15H23F2NO2. The van der Waals surface area contributed by atoms with Crippen molar-refractivity contribution in [2.75, 3.05) is 26.8 Å². The van der Waals surface area contributed by atoms with Crippen molar-refractivity contribution >= 4 is 0 Å². The van der Waals surface area contributed by atoms with Crippen molar-refractivity contribution in [1.29, 1.82) is 0 Å². The van der Waals surface area contributed by atoms with Crippen LogP contribution in [0.2, 0.25) is 0 Å². The molecular weight excluding hydrogens is 264 g/mol. The molecule has 2 atom stereocenters. The topological polar surface area (TPSA) is 32.7 Å². The first kappa shape index (κ1) is 17.0. The largest absolute Gasteiger partial charge is 0.387 e. The molecule has 0 fully saturated rings. The molecule has 2 unspecified atom stereocenters. The molecule has 114 valence electrons. The number of hydrogen-bond acceptors (Lipinski definition) is 3. The Hall–Kier alpha value is -1.04. The van der Waals surface area contributed by atoms with E-state index in [-0.39, 0.29) is 18.2 Å². The number of aliphatic hydroxyl groups is 1. The first-order chi connectivity index (χ1) is 9.51. The average Bonchev–Trinajstić information content (AvgIpc) is 2.45. The normalized spacial score (nSPS) is 14.6. The molecule has 0 radical (unpaired) electrons. The van der Waals surface area contributed by atoms with E-state index >= 15 is 0 Å². The molecule has 5 heteroatoms. The number of aliphatic hydroxyl groups excluding tert-OH is 1. The zero-order chi connectivity index (χ0) is 15.1. The van der Waals surface area contributed by atoms with Crippen molar-refractivity contribution in [3.63, 3.8) is 0 Å². The Bertz CT molecular complexity index is 415. The van der Waals surface area contributed by atoms with E-state index < -0.39 is 17.7 Å². The van der Waals surface area contributed by atoms with Crippen molar-refractivity contribution in [1.82, 2.24) is 4.90 Å². The molecule has 0 aliphatic rings. The van der Waals surface area contributed by atoms with Crippen molar-refractivity contribution in [3.8, 4) is 0 Å². The minimum atomic E-state index is -1.06. The predicted molar refractivity (Wildman–Crippen MR) is 74.5 cm³/mol. The highest BCUT2D eigenvalue weighted by atomic mass is 19.2. The number of rotatable bonds is 8. The molecule has 1 N–H and O–H groups in total. The van der Waals surface area contributed by atoms with Gasteiger partial charge >= 0.3 is 0 Å². The van der Waals surface area contributed by atoms with Gasteiger partial charge in [-0.2, -0.15) is 0 Å². The van der Waals surface area contributed by atoms with Crippen LogP contribution in [0.1, 0.15) is 31.9 Å². The van der Waals surface area contributed by atoms with E-state index in [2.05, 4.69) is 0 Å². The number of benzene rings is 1. The third-order valence-electron chi connectivity index (χ3n) is 3.54. The Balaban J connectivity index is 2.78. The number of hydrogen-bond donors (Lipinski definition) is 1. The van der Waals surface area contributed by atoms with Gasteiger partial charge in [0, 0.05) is 31.8 Å². The van der Waals surface area contributed by atoms with Gasteiger partial charge in [0.1, 0.15) is 0 Å². The minimum Gasteiger partial charge on any atom is -0.387 e. The van der Waals surface area contributed by atoms with Crippen LogP contribution in [0, 0.1) is 11.6 Å². The summed E-state index contributed by atoms with van der Waals surface area (Å²) in [6.07, 6.45) is -0.154. The molecule has 0 amide bonds. The first-order valence-corrected chi connectivity index (χ1v) is 6.86. The molecule has 0 spiro atoms. The fourth-order valence-electron chi connectivity index (χ4n) is 2.06. The molecule has 0 heterocycles. The fraction of sp³-hybridized carbons (Fsp3) is 0.600. The summed E-state index contributed by atoms with van der Waals surface area (Å²) in [7, 11) is 1.61. The van der Waals surface area contributed by atoms with Crippen molar-refractivity contribution < 1.29 is 18.6 Å². The van der Waals surface area contributed by atoms with E-state index in [4.69, 9.17) is 4.74 Å². The average molecular weight is 287 g/mol. The van der Waals surface area contributed by atoms with Gasteiger partial charge in [0.05, 0.1) is 12.7 Å². The van der Waals surface area contributed by atoms with Gasteiger partial charge < -0.3 is 9.84 Å². The molecule has 0 aliphatic carbocycles. The van der Waals surface area contributed by atoms with E-state index in [1.807, 2.05) is 18.7 Å². The van der Waals surface area contributed by atoms with Gasteiger partial charge in [0.15, 0.2) is 11.6 Å². The van der Waals surface area contributed by atoms with Gasteiger partial charge in [-0.05, 0) is 19.4 Å². The van der Waals surface area contributed by atoms with Gasteiger partial charge in [0.25, 0.3) is 0 Å². The van der Waals surface area contributed by atoms with Crippen LogP contribution in [0.5, 0.6) is 0 Å². The Labute approximate surface area is 119 Å². The first-order valence-electron chi connectivity index (χ1n) is 6.86. The van der Waals surface area contributed by atoms with E-state index in [0.29, 0.717) is 13.2 Å². The van der Waals surface area contributed by atoms with Crippen molar-refractivity contribution in [2.24, 2.45) is 0 Å². The lowest BCUT2D eigenvalue weighted by atomic mass is 10.1. The van der Waals surface area contributed by atoms with Gasteiger partial charge in [-0.3, -0.25) is 4.90 Å². The Morgan fingerprint density at radius 3 is 2.65 bits per heavy atom. The third-order valence-corrected chi connectivity index (χ3v) is 3.54. The maximum absolute atomic E-state index is 13.7. The summed E-state index contributed by atoms with van der Waals surface area (Å²) in [6, 6.07) is 4.09. The van der Waals surface area contributed by atoms with Crippen molar-refractivity contribution in [3.05, 3.63) is 35.4 Å². The van der Waals surface area contributed by atoms with Crippen LogP contribution in [-0.4, -0.2) is 42.9 Å². The summed E-state index contributed by atoms with van der Waals surface area (Å²) < 4.78 is 31.9. The molecule has 0 aliphatic heterocycles. The van der Waals surface area contributed by atoms with E-state index in [0.717, 1.165) is 12.5 Å². The highest BCUT2D eigenvalue weighted by Gasteiger charge is 2.21. The minimum absolute atomic E-state index is 0.00396. The molecule has 0 aromatic heterocycles. The molecule has 1 aromatic carbocycles. The molecule has 3 nitrogen and oxygen atoms in total. The maximum atomic E-state index is 13.7. The van der Waals surface area contributed by atoms with Gasteiger partial charge in [-0.25, -0.2) is 8.78 Å². The summed E-state index contributed by atoms with van der Waals surface area (Å²) >= 11 is 0.